The summed E-state index contributed by atoms with van der Waals surface area (Å²) in [6.45, 7) is 0. The Balaban J connectivity index is 1.22. The van der Waals surface area contributed by atoms with Crippen LogP contribution in [0.2, 0.25) is 0 Å². The zero-order chi connectivity index (χ0) is 30.9. The number of hydrogen-bond acceptors (Lipinski definition) is 7. The van der Waals surface area contributed by atoms with Crippen LogP contribution in [0.5, 0.6) is 0 Å². The zero-order valence-corrected chi connectivity index (χ0v) is 26.3. The van der Waals surface area contributed by atoms with Crippen molar-refractivity contribution in [3.05, 3.63) is 133 Å². The summed E-state index contributed by atoms with van der Waals surface area (Å²) in [5, 5.41) is 5.40. The summed E-state index contributed by atoms with van der Waals surface area (Å²) in [4.78, 5) is 20.3. The molecule has 47 heavy (non-hydrogen) atoms. The summed E-state index contributed by atoms with van der Waals surface area (Å²) in [6, 6.07) is 45.7. The van der Waals surface area contributed by atoms with E-state index in [0.717, 1.165) is 59.4 Å². The van der Waals surface area contributed by atoms with Gasteiger partial charge in [-0.3, -0.25) is 0 Å². The van der Waals surface area contributed by atoms with E-state index in [-0.39, 0.29) is 0 Å². The lowest BCUT2D eigenvalue weighted by molar-refractivity contribution is 0.669. The second kappa shape index (κ2) is 10.4. The summed E-state index contributed by atoms with van der Waals surface area (Å²) in [6.07, 6.45) is 0. The molecule has 0 aliphatic carbocycles. The van der Waals surface area contributed by atoms with Crippen LogP contribution in [0.25, 0.3) is 97.1 Å². The highest BCUT2D eigenvalue weighted by atomic mass is 32.1. The summed E-state index contributed by atoms with van der Waals surface area (Å²) >= 11 is 3.47. The quantitative estimate of drug-likeness (QED) is 0.192. The van der Waals surface area contributed by atoms with E-state index in [2.05, 4.69) is 78.9 Å². The Morgan fingerprint density at radius 3 is 2.06 bits per heavy atom. The molecule has 4 aromatic heterocycles. The first-order valence-corrected chi connectivity index (χ1v) is 16.9. The molecule has 10 rings (SSSR count). The van der Waals surface area contributed by atoms with Gasteiger partial charge >= 0.3 is 0 Å². The van der Waals surface area contributed by atoms with Crippen molar-refractivity contribution in [1.82, 2.24) is 19.9 Å². The smallest absolute Gasteiger partial charge is 0.165 e. The van der Waals surface area contributed by atoms with Crippen LogP contribution < -0.4 is 0 Å². The molecule has 0 spiro atoms. The third kappa shape index (κ3) is 4.28. The van der Waals surface area contributed by atoms with Gasteiger partial charge in [-0.15, -0.1) is 22.7 Å². The second-order valence-electron chi connectivity index (χ2n) is 11.4. The standard InChI is InChI=1S/C40H22N4OS2/c1-2-10-23(11-3-1)37-42-38(44-39(43-37)28-15-8-13-26-25-12-4-6-18-33(25)46-36(26)28)27-14-9-17-32-35(27)29-22-24(20-21-31(29)45-32)40-41-30-16-5-7-19-34(30)47-40/h1-22H. The number of thiophene rings is 1. The van der Waals surface area contributed by atoms with Crippen molar-refractivity contribution in [1.29, 1.82) is 0 Å². The fourth-order valence-corrected chi connectivity index (χ4v) is 8.57. The van der Waals surface area contributed by atoms with Gasteiger partial charge in [0.15, 0.2) is 17.5 Å². The molecule has 5 nitrogen and oxygen atoms in total. The molecule has 6 aromatic carbocycles. The van der Waals surface area contributed by atoms with Crippen molar-refractivity contribution in [2.24, 2.45) is 0 Å². The van der Waals surface area contributed by atoms with Crippen molar-refractivity contribution >= 4 is 75.0 Å². The molecular formula is C40H22N4OS2. The topological polar surface area (TPSA) is 64.7 Å². The minimum Gasteiger partial charge on any atom is -0.456 e. The molecule has 220 valence electrons. The normalized spacial score (nSPS) is 11.8. The maximum Gasteiger partial charge on any atom is 0.165 e. The van der Waals surface area contributed by atoms with Crippen LogP contribution in [0, 0.1) is 0 Å². The molecular weight excluding hydrogens is 617 g/mol. The maximum absolute atomic E-state index is 6.40. The molecule has 0 saturated heterocycles. The number of furan rings is 1. The van der Waals surface area contributed by atoms with E-state index in [1.54, 1.807) is 22.7 Å². The van der Waals surface area contributed by atoms with Gasteiger partial charge in [0.05, 0.1) is 10.2 Å². The van der Waals surface area contributed by atoms with Gasteiger partial charge < -0.3 is 4.42 Å². The van der Waals surface area contributed by atoms with Crippen molar-refractivity contribution in [2.45, 2.75) is 0 Å². The monoisotopic (exact) mass is 638 g/mol. The van der Waals surface area contributed by atoms with Crippen molar-refractivity contribution in [3.8, 4) is 44.7 Å². The fourth-order valence-electron chi connectivity index (χ4n) is 6.40. The molecule has 4 heterocycles. The first-order chi connectivity index (χ1) is 23.3. The fraction of sp³-hybridized carbons (Fsp3) is 0. The molecule has 0 aliphatic heterocycles. The summed E-state index contributed by atoms with van der Waals surface area (Å²) in [5.74, 6) is 1.88. The molecule has 0 unspecified atom stereocenters. The van der Waals surface area contributed by atoms with Gasteiger partial charge in [0.1, 0.15) is 16.2 Å². The predicted molar refractivity (Wildman–Crippen MR) is 195 cm³/mol. The number of nitrogens with zero attached hydrogens (tertiary/aromatic N) is 4. The number of benzene rings is 6. The largest absolute Gasteiger partial charge is 0.456 e. The van der Waals surface area contributed by atoms with Crippen LogP contribution in [0.3, 0.4) is 0 Å². The van der Waals surface area contributed by atoms with Crippen LogP contribution >= 0.6 is 22.7 Å². The SMILES string of the molecule is c1ccc(-c2nc(-c3cccc4c3sc3ccccc34)nc(-c3cccc4oc5ccc(-c6nc7ccccc7s6)cc5c34)n2)cc1. The second-order valence-corrected chi connectivity index (χ2v) is 13.5. The molecule has 7 heteroatoms. The number of aromatic nitrogens is 4. The van der Waals surface area contributed by atoms with E-state index in [1.807, 2.05) is 54.6 Å². The van der Waals surface area contributed by atoms with Crippen LogP contribution in [0.15, 0.2) is 138 Å². The Kier molecular flexibility index (Phi) is 5.85. The third-order valence-electron chi connectivity index (χ3n) is 8.59. The first kappa shape index (κ1) is 26.5. The van der Waals surface area contributed by atoms with Gasteiger partial charge in [-0.05, 0) is 48.5 Å². The molecule has 0 N–H and O–H groups in total. The third-order valence-corrected chi connectivity index (χ3v) is 10.9. The summed E-state index contributed by atoms with van der Waals surface area (Å²) in [7, 11) is 0. The van der Waals surface area contributed by atoms with Crippen LogP contribution in [-0.4, -0.2) is 19.9 Å². The van der Waals surface area contributed by atoms with E-state index in [9.17, 15) is 0 Å². The number of para-hydroxylation sites is 1. The van der Waals surface area contributed by atoms with Gasteiger partial charge in [0.25, 0.3) is 0 Å². The van der Waals surface area contributed by atoms with Crippen LogP contribution in [0.1, 0.15) is 0 Å². The molecule has 0 bridgehead atoms. The van der Waals surface area contributed by atoms with Gasteiger partial charge in [-0.25, -0.2) is 19.9 Å². The lowest BCUT2D eigenvalue weighted by atomic mass is 10.0. The minimum atomic E-state index is 0.602. The molecule has 0 saturated carbocycles. The summed E-state index contributed by atoms with van der Waals surface area (Å²) < 4.78 is 9.97. The molecule has 0 amide bonds. The average molecular weight is 639 g/mol. The number of fused-ring (bicyclic) bond motifs is 7. The van der Waals surface area contributed by atoms with Crippen molar-refractivity contribution in [2.75, 3.05) is 0 Å². The zero-order valence-electron chi connectivity index (χ0n) is 24.7. The van der Waals surface area contributed by atoms with E-state index in [4.69, 9.17) is 24.4 Å². The first-order valence-electron chi connectivity index (χ1n) is 15.3. The number of rotatable bonds is 4. The highest BCUT2D eigenvalue weighted by Crippen LogP contribution is 2.42. The van der Waals surface area contributed by atoms with Crippen molar-refractivity contribution in [3.63, 3.8) is 0 Å². The lowest BCUT2D eigenvalue weighted by Gasteiger charge is -2.10. The van der Waals surface area contributed by atoms with Gasteiger partial charge in [0, 0.05) is 53.2 Å². The molecule has 0 radical (unpaired) electrons. The van der Waals surface area contributed by atoms with E-state index >= 15 is 0 Å². The Labute approximate surface area is 276 Å². The highest BCUT2D eigenvalue weighted by molar-refractivity contribution is 7.26. The Hall–Kier alpha value is -5.76. The molecule has 10 aromatic rings. The Morgan fingerprint density at radius 1 is 0.447 bits per heavy atom. The van der Waals surface area contributed by atoms with Gasteiger partial charge in [0.2, 0.25) is 0 Å². The summed E-state index contributed by atoms with van der Waals surface area (Å²) in [5.41, 5.74) is 6.47. The van der Waals surface area contributed by atoms with Crippen molar-refractivity contribution < 1.29 is 4.42 Å². The molecule has 0 fully saturated rings. The molecule has 0 aliphatic rings. The van der Waals surface area contributed by atoms with Crippen LogP contribution in [-0.2, 0) is 0 Å². The van der Waals surface area contributed by atoms with E-state index in [1.165, 1.54) is 20.2 Å². The maximum atomic E-state index is 6.40. The Morgan fingerprint density at radius 2 is 1.17 bits per heavy atom. The van der Waals surface area contributed by atoms with E-state index < -0.39 is 0 Å². The minimum absolute atomic E-state index is 0.602. The van der Waals surface area contributed by atoms with Gasteiger partial charge in [-0.1, -0.05) is 84.9 Å². The highest BCUT2D eigenvalue weighted by Gasteiger charge is 2.20. The molecule has 0 atom stereocenters. The number of hydrogen-bond donors (Lipinski definition) is 0. The average Bonchev–Trinajstić information content (AvgIpc) is 3.85. The predicted octanol–water partition coefficient (Wildman–Crippen LogP) is 11.4. The van der Waals surface area contributed by atoms with E-state index in [0.29, 0.717) is 17.5 Å². The number of thiazole rings is 1. The van der Waals surface area contributed by atoms with Crippen LogP contribution in [0.4, 0.5) is 0 Å². The van der Waals surface area contributed by atoms with Gasteiger partial charge in [-0.2, -0.15) is 0 Å². The Bertz CT molecular complexity index is 2780. The lowest BCUT2D eigenvalue weighted by Crippen LogP contribution is -2.00.